The lowest BCUT2D eigenvalue weighted by Gasteiger charge is -2.26. The molecule has 0 saturated heterocycles. The lowest BCUT2D eigenvalue weighted by atomic mass is 10.2. The molecule has 0 aliphatic heterocycles. The summed E-state index contributed by atoms with van der Waals surface area (Å²) in [5.41, 5.74) is 0. The van der Waals surface area contributed by atoms with E-state index in [2.05, 4.69) is 49.5 Å². The van der Waals surface area contributed by atoms with Crippen LogP contribution in [0, 0.1) is 0 Å². The second kappa shape index (κ2) is 5.48. The Balaban J connectivity index is 3.12. The molecule has 0 bridgehead atoms. The fourth-order valence-electron chi connectivity index (χ4n) is 1.62. The first-order valence-corrected chi connectivity index (χ1v) is 6.14. The molecule has 4 heteroatoms. The van der Waals surface area contributed by atoms with Crippen molar-refractivity contribution in [1.29, 1.82) is 0 Å². The smallest absolute Gasteiger partial charge is 0.135 e. The monoisotopic (exact) mass is 241 g/mol. The molecule has 3 nitrogen and oxygen atoms in total. The minimum atomic E-state index is 0.295. The van der Waals surface area contributed by atoms with Gasteiger partial charge in [-0.1, -0.05) is 25.4 Å². The number of anilines is 1. The van der Waals surface area contributed by atoms with E-state index in [1.54, 1.807) is 0 Å². The van der Waals surface area contributed by atoms with Gasteiger partial charge >= 0.3 is 0 Å². The van der Waals surface area contributed by atoms with Crippen molar-refractivity contribution in [1.82, 2.24) is 9.97 Å². The van der Waals surface area contributed by atoms with Gasteiger partial charge in [-0.05, 0) is 20.8 Å². The molecule has 1 aromatic heterocycles. The third-order valence-electron chi connectivity index (χ3n) is 2.47. The first-order valence-electron chi connectivity index (χ1n) is 5.76. The van der Waals surface area contributed by atoms with Crippen molar-refractivity contribution >= 4 is 17.4 Å². The Morgan fingerprint density at radius 2 is 1.88 bits per heavy atom. The van der Waals surface area contributed by atoms with E-state index >= 15 is 0 Å². The lowest BCUT2D eigenvalue weighted by molar-refractivity contribution is 0.680. The topological polar surface area (TPSA) is 29.0 Å². The van der Waals surface area contributed by atoms with Crippen LogP contribution in [-0.2, 0) is 0 Å². The Labute approximate surface area is 103 Å². The molecule has 0 unspecified atom stereocenters. The van der Waals surface area contributed by atoms with Crippen LogP contribution in [0.2, 0.25) is 5.15 Å². The van der Waals surface area contributed by atoms with Crippen LogP contribution in [0.3, 0.4) is 0 Å². The van der Waals surface area contributed by atoms with Gasteiger partial charge in [0.1, 0.15) is 16.8 Å². The molecule has 0 aromatic carbocycles. The number of hydrogen-bond acceptors (Lipinski definition) is 3. The van der Waals surface area contributed by atoms with E-state index in [1.807, 2.05) is 6.07 Å². The molecule has 16 heavy (non-hydrogen) atoms. The molecule has 0 fully saturated rings. The summed E-state index contributed by atoms with van der Waals surface area (Å²) < 4.78 is 0. The van der Waals surface area contributed by atoms with Crippen LogP contribution in [-0.4, -0.2) is 22.6 Å². The largest absolute Gasteiger partial charge is 0.354 e. The maximum atomic E-state index is 6.02. The number of aromatic nitrogens is 2. The quantitative estimate of drug-likeness (QED) is 0.756. The van der Waals surface area contributed by atoms with E-state index < -0.39 is 0 Å². The van der Waals surface area contributed by atoms with Gasteiger partial charge in [0.2, 0.25) is 0 Å². The zero-order chi connectivity index (χ0) is 12.3. The van der Waals surface area contributed by atoms with Gasteiger partial charge in [-0.15, -0.1) is 0 Å². The third-order valence-corrected chi connectivity index (χ3v) is 2.67. The highest BCUT2D eigenvalue weighted by molar-refractivity contribution is 6.29. The SMILES string of the molecule is CCN(c1cc(Cl)nc(C(C)C)n1)C(C)C. The zero-order valence-electron chi connectivity index (χ0n) is 10.7. The molecule has 0 spiro atoms. The number of rotatable bonds is 4. The predicted octanol–water partition coefficient (Wildman–Crippen LogP) is 3.49. The summed E-state index contributed by atoms with van der Waals surface area (Å²) in [5, 5.41) is 0.521. The Kier molecular flexibility index (Phi) is 4.54. The highest BCUT2D eigenvalue weighted by atomic mass is 35.5. The number of hydrogen-bond donors (Lipinski definition) is 0. The summed E-state index contributed by atoms with van der Waals surface area (Å²) in [7, 11) is 0. The van der Waals surface area contributed by atoms with Crippen LogP contribution in [0.4, 0.5) is 5.82 Å². The average molecular weight is 242 g/mol. The highest BCUT2D eigenvalue weighted by Crippen LogP contribution is 2.21. The summed E-state index contributed by atoms with van der Waals surface area (Å²) in [5.74, 6) is 2.02. The van der Waals surface area contributed by atoms with Gasteiger partial charge in [0, 0.05) is 24.6 Å². The Morgan fingerprint density at radius 3 is 2.31 bits per heavy atom. The molecule has 0 saturated carbocycles. The normalized spacial score (nSPS) is 11.2. The second-order valence-electron chi connectivity index (χ2n) is 4.44. The molecular formula is C12H20ClN3. The van der Waals surface area contributed by atoms with Gasteiger partial charge in [0.05, 0.1) is 0 Å². The van der Waals surface area contributed by atoms with Crippen molar-refractivity contribution < 1.29 is 0 Å². The molecule has 0 aliphatic rings. The molecule has 90 valence electrons. The molecule has 1 heterocycles. The van der Waals surface area contributed by atoms with Crippen LogP contribution >= 0.6 is 11.6 Å². The van der Waals surface area contributed by atoms with Crippen molar-refractivity contribution in [3.63, 3.8) is 0 Å². The minimum absolute atomic E-state index is 0.295. The van der Waals surface area contributed by atoms with Gasteiger partial charge in [0.15, 0.2) is 0 Å². The second-order valence-corrected chi connectivity index (χ2v) is 4.83. The van der Waals surface area contributed by atoms with Crippen LogP contribution in [0.1, 0.15) is 46.4 Å². The molecule has 0 amide bonds. The average Bonchev–Trinajstić information content (AvgIpc) is 2.17. The molecule has 0 N–H and O–H groups in total. The van der Waals surface area contributed by atoms with Crippen LogP contribution in [0.15, 0.2) is 6.07 Å². The molecule has 0 radical (unpaired) electrons. The molecule has 0 atom stereocenters. The summed E-state index contributed by atoms with van der Waals surface area (Å²) >= 11 is 6.02. The van der Waals surface area contributed by atoms with Crippen molar-refractivity contribution in [2.75, 3.05) is 11.4 Å². The maximum Gasteiger partial charge on any atom is 0.135 e. The third kappa shape index (κ3) is 3.08. The lowest BCUT2D eigenvalue weighted by Crippen LogP contribution is -2.31. The summed E-state index contributed by atoms with van der Waals surface area (Å²) in [4.78, 5) is 11.0. The minimum Gasteiger partial charge on any atom is -0.354 e. The molecule has 1 rings (SSSR count). The predicted molar refractivity (Wildman–Crippen MR) is 69.3 cm³/mol. The van der Waals surface area contributed by atoms with E-state index in [1.165, 1.54) is 0 Å². The van der Waals surface area contributed by atoms with E-state index in [0.29, 0.717) is 17.1 Å². The van der Waals surface area contributed by atoms with Gasteiger partial charge < -0.3 is 4.90 Å². The number of nitrogens with zero attached hydrogens (tertiary/aromatic N) is 3. The summed E-state index contributed by atoms with van der Waals surface area (Å²) in [6.07, 6.45) is 0. The zero-order valence-corrected chi connectivity index (χ0v) is 11.4. The number of halogens is 1. The Hall–Kier alpha value is -0.830. The maximum absolute atomic E-state index is 6.02. The Bertz CT molecular complexity index is 350. The summed E-state index contributed by atoms with van der Waals surface area (Å²) in [6, 6.07) is 2.24. The van der Waals surface area contributed by atoms with Crippen molar-refractivity contribution in [2.45, 2.75) is 46.6 Å². The Morgan fingerprint density at radius 1 is 1.25 bits per heavy atom. The van der Waals surface area contributed by atoms with E-state index in [4.69, 9.17) is 11.6 Å². The fourth-order valence-corrected chi connectivity index (χ4v) is 1.80. The van der Waals surface area contributed by atoms with Gasteiger partial charge in [-0.2, -0.15) is 0 Å². The standard InChI is InChI=1S/C12H20ClN3/c1-6-16(9(4)5)11-7-10(13)14-12(15-11)8(2)3/h7-9H,6H2,1-5H3. The fraction of sp³-hybridized carbons (Fsp3) is 0.667. The first kappa shape index (κ1) is 13.2. The van der Waals surface area contributed by atoms with E-state index in [9.17, 15) is 0 Å². The van der Waals surface area contributed by atoms with E-state index in [-0.39, 0.29) is 0 Å². The van der Waals surface area contributed by atoms with Crippen molar-refractivity contribution in [2.24, 2.45) is 0 Å². The van der Waals surface area contributed by atoms with Crippen LogP contribution in [0.5, 0.6) is 0 Å². The molecule has 0 aliphatic carbocycles. The first-order chi connectivity index (χ1) is 7.45. The highest BCUT2D eigenvalue weighted by Gasteiger charge is 2.13. The van der Waals surface area contributed by atoms with Crippen LogP contribution in [0.25, 0.3) is 0 Å². The van der Waals surface area contributed by atoms with Crippen molar-refractivity contribution in [3.05, 3.63) is 17.0 Å². The van der Waals surface area contributed by atoms with Gasteiger partial charge in [0.25, 0.3) is 0 Å². The summed E-state index contributed by atoms with van der Waals surface area (Å²) in [6.45, 7) is 11.5. The van der Waals surface area contributed by atoms with Gasteiger partial charge in [-0.25, -0.2) is 9.97 Å². The molecule has 1 aromatic rings. The van der Waals surface area contributed by atoms with Gasteiger partial charge in [-0.3, -0.25) is 0 Å². The van der Waals surface area contributed by atoms with Crippen molar-refractivity contribution in [3.8, 4) is 0 Å². The van der Waals surface area contributed by atoms with E-state index in [0.717, 1.165) is 18.2 Å². The molecular weight excluding hydrogens is 222 g/mol. The van der Waals surface area contributed by atoms with Crippen LogP contribution < -0.4 is 4.90 Å².